The monoisotopic (exact) mass is 231 g/mol. The van der Waals surface area contributed by atoms with Gasteiger partial charge in [-0.25, -0.2) is 4.79 Å². The highest BCUT2D eigenvalue weighted by atomic mass is 16.5. The molecule has 1 aliphatic rings. The first kappa shape index (κ1) is 13.4. The zero-order chi connectivity index (χ0) is 12.2. The van der Waals surface area contributed by atoms with E-state index in [-0.39, 0.29) is 18.1 Å². The molecule has 5 heteroatoms. The van der Waals surface area contributed by atoms with E-state index in [2.05, 4.69) is 5.32 Å². The number of nitrogens with one attached hydrogen (secondary N) is 1. The first-order chi connectivity index (χ1) is 7.44. The quantitative estimate of drug-likeness (QED) is 0.609. The summed E-state index contributed by atoms with van der Waals surface area (Å²) >= 11 is 0. The van der Waals surface area contributed by atoms with Crippen molar-refractivity contribution in [3.63, 3.8) is 0 Å². The Morgan fingerprint density at radius 2 is 2.19 bits per heavy atom. The smallest absolute Gasteiger partial charge is 0.332 e. The third kappa shape index (κ3) is 4.08. The normalized spacial score (nSPS) is 25.9. The lowest BCUT2D eigenvalue weighted by Crippen LogP contribution is -2.37. The third-order valence-electron chi connectivity index (χ3n) is 2.79. The van der Waals surface area contributed by atoms with E-state index in [9.17, 15) is 4.79 Å². The summed E-state index contributed by atoms with van der Waals surface area (Å²) in [4.78, 5) is 10.6. The van der Waals surface area contributed by atoms with Gasteiger partial charge in [0.1, 0.15) is 0 Å². The molecule has 3 N–H and O–H groups in total. The van der Waals surface area contributed by atoms with E-state index in [0.717, 1.165) is 6.42 Å². The van der Waals surface area contributed by atoms with Crippen LogP contribution in [0.15, 0.2) is 0 Å². The van der Waals surface area contributed by atoms with Crippen LogP contribution in [0.2, 0.25) is 0 Å². The Labute approximate surface area is 95.8 Å². The van der Waals surface area contributed by atoms with Crippen molar-refractivity contribution in [1.82, 2.24) is 5.32 Å². The summed E-state index contributed by atoms with van der Waals surface area (Å²) in [5.41, 5.74) is -0.148. The van der Waals surface area contributed by atoms with Crippen molar-refractivity contribution in [3.05, 3.63) is 0 Å². The van der Waals surface area contributed by atoms with Crippen LogP contribution < -0.4 is 5.32 Å². The van der Waals surface area contributed by atoms with Crippen LogP contribution in [0, 0.1) is 5.41 Å². The molecule has 1 fully saturated rings. The zero-order valence-corrected chi connectivity index (χ0v) is 9.90. The molecule has 5 nitrogen and oxygen atoms in total. The number of carbonyl (C=O) groups is 1. The molecule has 94 valence electrons. The minimum atomic E-state index is -0.877. The Balaban J connectivity index is 2.18. The van der Waals surface area contributed by atoms with Crippen LogP contribution in [0.3, 0.4) is 0 Å². The van der Waals surface area contributed by atoms with E-state index in [1.54, 1.807) is 0 Å². The maximum atomic E-state index is 10.6. The highest BCUT2D eigenvalue weighted by Crippen LogP contribution is 2.19. The second kappa shape index (κ2) is 5.61. The zero-order valence-electron chi connectivity index (χ0n) is 9.90. The molecule has 0 amide bonds. The van der Waals surface area contributed by atoms with Crippen molar-refractivity contribution >= 4 is 5.97 Å². The number of aliphatic hydroxyl groups excluding tert-OH is 1. The number of carboxylic acids is 1. The summed E-state index contributed by atoms with van der Waals surface area (Å²) in [7, 11) is 0. The summed E-state index contributed by atoms with van der Waals surface area (Å²) in [5, 5.41) is 21.0. The van der Waals surface area contributed by atoms with Crippen LogP contribution in [-0.2, 0) is 9.53 Å². The second-order valence-electron chi connectivity index (χ2n) is 5.12. The molecular weight excluding hydrogens is 210 g/mol. The number of rotatable bonds is 6. The molecule has 2 unspecified atom stereocenters. The average Bonchev–Trinajstić information content (AvgIpc) is 2.66. The van der Waals surface area contributed by atoms with Crippen LogP contribution in [0.1, 0.15) is 26.7 Å². The molecule has 0 radical (unpaired) electrons. The van der Waals surface area contributed by atoms with Crippen LogP contribution in [0.5, 0.6) is 0 Å². The summed E-state index contributed by atoms with van der Waals surface area (Å²) in [6.45, 7) is 5.41. The maximum Gasteiger partial charge on any atom is 0.332 e. The van der Waals surface area contributed by atoms with Gasteiger partial charge in [-0.05, 0) is 12.8 Å². The van der Waals surface area contributed by atoms with Gasteiger partial charge >= 0.3 is 5.97 Å². The summed E-state index contributed by atoms with van der Waals surface area (Å²) in [5.74, 6) is -0.877. The van der Waals surface area contributed by atoms with Crippen LogP contribution in [0.25, 0.3) is 0 Å². The summed E-state index contributed by atoms with van der Waals surface area (Å²) in [6.07, 6.45) is 0.711. The molecule has 1 heterocycles. The number of aliphatic carboxylic acids is 1. The largest absolute Gasteiger partial charge is 0.479 e. The number of hydrogen-bond acceptors (Lipinski definition) is 4. The van der Waals surface area contributed by atoms with Crippen molar-refractivity contribution in [3.8, 4) is 0 Å². The van der Waals surface area contributed by atoms with Gasteiger partial charge in [-0.3, -0.25) is 0 Å². The van der Waals surface area contributed by atoms with E-state index < -0.39 is 12.1 Å². The van der Waals surface area contributed by atoms with Gasteiger partial charge in [-0.15, -0.1) is 0 Å². The van der Waals surface area contributed by atoms with E-state index >= 15 is 0 Å². The van der Waals surface area contributed by atoms with Gasteiger partial charge in [0.05, 0.1) is 6.10 Å². The third-order valence-corrected chi connectivity index (χ3v) is 2.79. The number of hydrogen-bond donors (Lipinski definition) is 3. The fourth-order valence-corrected chi connectivity index (χ4v) is 1.66. The molecule has 0 aromatic heterocycles. The lowest BCUT2D eigenvalue weighted by molar-refractivity contribution is -0.149. The molecule has 0 aliphatic carbocycles. The lowest BCUT2D eigenvalue weighted by Gasteiger charge is -2.23. The van der Waals surface area contributed by atoms with E-state index in [4.69, 9.17) is 14.9 Å². The van der Waals surface area contributed by atoms with Gasteiger partial charge in [-0.1, -0.05) is 13.8 Å². The minimum absolute atomic E-state index is 0.0180. The van der Waals surface area contributed by atoms with Gasteiger partial charge in [0.2, 0.25) is 0 Å². The van der Waals surface area contributed by atoms with Gasteiger partial charge in [0.15, 0.2) is 6.10 Å². The molecule has 0 aromatic carbocycles. The Morgan fingerprint density at radius 3 is 2.69 bits per heavy atom. The van der Waals surface area contributed by atoms with Gasteiger partial charge in [0, 0.05) is 25.1 Å². The molecular formula is C11H21NO4. The molecule has 0 bridgehead atoms. The minimum Gasteiger partial charge on any atom is -0.479 e. The fourth-order valence-electron chi connectivity index (χ4n) is 1.66. The molecule has 16 heavy (non-hydrogen) atoms. The Morgan fingerprint density at radius 1 is 1.50 bits per heavy atom. The van der Waals surface area contributed by atoms with Crippen LogP contribution in [0.4, 0.5) is 0 Å². The predicted molar refractivity (Wildman–Crippen MR) is 59.3 cm³/mol. The van der Waals surface area contributed by atoms with Gasteiger partial charge in [0.25, 0.3) is 0 Å². The lowest BCUT2D eigenvalue weighted by atomic mass is 9.95. The van der Waals surface area contributed by atoms with E-state index in [0.29, 0.717) is 19.5 Å². The van der Waals surface area contributed by atoms with E-state index in [1.165, 1.54) is 0 Å². The molecule has 2 atom stereocenters. The van der Waals surface area contributed by atoms with Gasteiger partial charge < -0.3 is 20.3 Å². The summed E-state index contributed by atoms with van der Waals surface area (Å²) < 4.78 is 5.35. The predicted octanol–water partition coefficient (Wildman–Crippen LogP) is 0.227. The maximum absolute atomic E-state index is 10.6. The standard InChI is InChI=1S/C11H21NO4/c1-11(2,7-13)6-12-5-8-3-4-9(16-8)10(14)15/h8-9,12-13H,3-7H2,1-2H3,(H,14,15). The Hall–Kier alpha value is -0.650. The topological polar surface area (TPSA) is 78.8 Å². The number of carboxylic acid groups (broad SMARTS) is 1. The van der Waals surface area contributed by atoms with Crippen molar-refractivity contribution in [2.75, 3.05) is 19.7 Å². The van der Waals surface area contributed by atoms with Crippen LogP contribution >= 0.6 is 0 Å². The molecule has 1 aliphatic heterocycles. The molecule has 1 rings (SSSR count). The SMILES string of the molecule is CC(C)(CO)CNCC1CCC(C(=O)O)O1. The average molecular weight is 231 g/mol. The van der Waals surface area contributed by atoms with Crippen LogP contribution in [-0.4, -0.2) is 48.1 Å². The highest BCUT2D eigenvalue weighted by molar-refractivity contribution is 5.72. The van der Waals surface area contributed by atoms with Gasteiger partial charge in [-0.2, -0.15) is 0 Å². The fraction of sp³-hybridized carbons (Fsp3) is 0.909. The molecule has 0 spiro atoms. The van der Waals surface area contributed by atoms with Crippen molar-refractivity contribution < 1.29 is 19.7 Å². The second-order valence-corrected chi connectivity index (χ2v) is 5.12. The molecule has 0 saturated carbocycles. The molecule has 1 saturated heterocycles. The Kier molecular flexibility index (Phi) is 4.70. The number of aliphatic hydroxyl groups is 1. The Bertz CT molecular complexity index is 242. The highest BCUT2D eigenvalue weighted by Gasteiger charge is 2.30. The van der Waals surface area contributed by atoms with E-state index in [1.807, 2.05) is 13.8 Å². The first-order valence-electron chi connectivity index (χ1n) is 5.64. The summed E-state index contributed by atoms with van der Waals surface area (Å²) in [6, 6.07) is 0. The van der Waals surface area contributed by atoms with Crippen molar-refractivity contribution in [2.45, 2.75) is 38.9 Å². The number of ether oxygens (including phenoxy) is 1. The first-order valence-corrected chi connectivity index (χ1v) is 5.64. The van der Waals surface area contributed by atoms with Crippen molar-refractivity contribution in [1.29, 1.82) is 0 Å². The molecule has 0 aromatic rings. The van der Waals surface area contributed by atoms with Crippen molar-refractivity contribution in [2.24, 2.45) is 5.41 Å².